The largest absolute Gasteiger partial charge is 0.0847 e. The molecule has 0 saturated carbocycles. The fourth-order valence-electron chi connectivity index (χ4n) is 2.99. The first-order valence-corrected chi connectivity index (χ1v) is 8.20. The van der Waals surface area contributed by atoms with Crippen molar-refractivity contribution < 1.29 is 0 Å². The molecule has 0 fully saturated rings. The highest BCUT2D eigenvalue weighted by Crippen LogP contribution is 2.41. The highest BCUT2D eigenvalue weighted by atomic mass is 14.3. The summed E-state index contributed by atoms with van der Waals surface area (Å²) in [4.78, 5) is 0. The van der Waals surface area contributed by atoms with Crippen molar-refractivity contribution in [2.45, 2.75) is 67.2 Å². The second-order valence-corrected chi connectivity index (χ2v) is 6.91. The average molecular weight is 284 g/mol. The van der Waals surface area contributed by atoms with Gasteiger partial charge >= 0.3 is 0 Å². The lowest BCUT2D eigenvalue weighted by molar-refractivity contribution is 0.361. The molecule has 0 N–H and O–H groups in total. The molecule has 0 bridgehead atoms. The molecular weight excluding hydrogens is 252 g/mol. The van der Waals surface area contributed by atoms with Gasteiger partial charge in [-0.3, -0.25) is 0 Å². The highest BCUT2D eigenvalue weighted by Gasteiger charge is 2.26. The zero-order valence-electron chi connectivity index (χ0n) is 14.8. The summed E-state index contributed by atoms with van der Waals surface area (Å²) in [6.07, 6.45) is 18.2. The van der Waals surface area contributed by atoms with E-state index in [1.165, 1.54) is 30.4 Å². The van der Waals surface area contributed by atoms with E-state index in [0.717, 1.165) is 6.42 Å². The van der Waals surface area contributed by atoms with E-state index in [1.54, 1.807) is 11.1 Å². The lowest BCUT2D eigenvalue weighted by atomic mass is 9.71. The molecule has 1 aliphatic carbocycles. The summed E-state index contributed by atoms with van der Waals surface area (Å²) in [5.41, 5.74) is 6.25. The third-order valence-corrected chi connectivity index (χ3v) is 4.56. The van der Waals surface area contributed by atoms with Crippen molar-refractivity contribution >= 4 is 0 Å². The molecule has 1 aliphatic rings. The van der Waals surface area contributed by atoms with Gasteiger partial charge in [-0.05, 0) is 58.8 Å². The van der Waals surface area contributed by atoms with E-state index >= 15 is 0 Å². The lowest BCUT2D eigenvalue weighted by Gasteiger charge is -2.34. The molecular formula is C21H32. The minimum Gasteiger partial charge on any atom is -0.0847 e. The van der Waals surface area contributed by atoms with Crippen LogP contribution in [0.1, 0.15) is 67.2 Å². The second kappa shape index (κ2) is 8.22. The molecule has 0 radical (unpaired) electrons. The molecule has 0 spiro atoms. The van der Waals surface area contributed by atoms with Crippen molar-refractivity contribution in [1.82, 2.24) is 0 Å². The van der Waals surface area contributed by atoms with Gasteiger partial charge in [0.2, 0.25) is 0 Å². The van der Waals surface area contributed by atoms with Crippen LogP contribution in [-0.2, 0) is 0 Å². The van der Waals surface area contributed by atoms with E-state index in [0.29, 0.717) is 5.41 Å². The van der Waals surface area contributed by atoms with Gasteiger partial charge in [-0.1, -0.05) is 72.6 Å². The zero-order valence-corrected chi connectivity index (χ0v) is 14.8. The molecule has 116 valence electrons. The van der Waals surface area contributed by atoms with Crippen molar-refractivity contribution in [2.24, 2.45) is 5.41 Å². The summed E-state index contributed by atoms with van der Waals surface area (Å²) >= 11 is 0. The Labute approximate surface area is 132 Å². The van der Waals surface area contributed by atoms with Crippen LogP contribution in [0.4, 0.5) is 0 Å². The maximum Gasteiger partial charge on any atom is -0.0128 e. The quantitative estimate of drug-likeness (QED) is 0.379. The minimum atomic E-state index is 0.382. The molecule has 0 nitrogen and oxygen atoms in total. The van der Waals surface area contributed by atoms with Gasteiger partial charge in [-0.2, -0.15) is 0 Å². The first kappa shape index (κ1) is 17.8. The van der Waals surface area contributed by atoms with Crippen LogP contribution in [0, 0.1) is 5.41 Å². The summed E-state index contributed by atoms with van der Waals surface area (Å²) in [7, 11) is 0. The van der Waals surface area contributed by atoms with Crippen molar-refractivity contribution in [2.75, 3.05) is 0 Å². The third-order valence-electron chi connectivity index (χ3n) is 4.56. The van der Waals surface area contributed by atoms with Crippen LogP contribution in [0.3, 0.4) is 0 Å². The predicted octanol–water partition coefficient (Wildman–Crippen LogP) is 6.93. The van der Waals surface area contributed by atoms with Gasteiger partial charge in [0.15, 0.2) is 0 Å². The molecule has 0 heteroatoms. The van der Waals surface area contributed by atoms with Crippen molar-refractivity contribution in [3.63, 3.8) is 0 Å². The maximum atomic E-state index is 2.39. The van der Waals surface area contributed by atoms with Crippen molar-refractivity contribution in [3.05, 3.63) is 58.7 Å². The first-order valence-electron chi connectivity index (χ1n) is 8.20. The first-order chi connectivity index (χ1) is 9.86. The van der Waals surface area contributed by atoms with Crippen LogP contribution in [0.5, 0.6) is 0 Å². The lowest BCUT2D eigenvalue weighted by Crippen LogP contribution is -2.19. The summed E-state index contributed by atoms with van der Waals surface area (Å²) in [5.74, 6) is 0. The standard InChI is InChI=1S/C21H32/c1-7-17(2)11-8-12-18(3)13-9-15-20-19(4)14-10-16-21(20,5)6/h7-9,11-13H,10,14-16H2,1-6H3/b11-8+,13-9+,17-7-,18-12+. The van der Waals surface area contributed by atoms with Crippen molar-refractivity contribution in [3.8, 4) is 0 Å². The Morgan fingerprint density at radius 2 is 1.86 bits per heavy atom. The zero-order chi connectivity index (χ0) is 15.9. The molecule has 0 atom stereocenters. The minimum absolute atomic E-state index is 0.382. The Balaban J connectivity index is 2.65. The van der Waals surface area contributed by atoms with Crippen LogP contribution in [0.2, 0.25) is 0 Å². The van der Waals surface area contributed by atoms with Crippen LogP contribution in [-0.4, -0.2) is 0 Å². The molecule has 0 aromatic rings. The third kappa shape index (κ3) is 5.91. The molecule has 0 aliphatic heterocycles. The molecule has 0 amide bonds. The van der Waals surface area contributed by atoms with E-state index in [4.69, 9.17) is 0 Å². The molecule has 0 heterocycles. The number of hydrogen-bond donors (Lipinski definition) is 0. The van der Waals surface area contributed by atoms with Crippen LogP contribution >= 0.6 is 0 Å². The van der Waals surface area contributed by atoms with E-state index in [9.17, 15) is 0 Å². The predicted molar refractivity (Wildman–Crippen MR) is 96.4 cm³/mol. The Bertz CT molecular complexity index is 490. The van der Waals surface area contributed by atoms with Crippen LogP contribution in [0.15, 0.2) is 58.7 Å². The normalized spacial score (nSPS) is 20.9. The molecule has 0 saturated heterocycles. The van der Waals surface area contributed by atoms with Gasteiger partial charge in [0, 0.05) is 0 Å². The monoisotopic (exact) mass is 284 g/mol. The Hall–Kier alpha value is -1.30. The smallest absolute Gasteiger partial charge is 0.0128 e. The van der Waals surface area contributed by atoms with Gasteiger partial charge in [0.1, 0.15) is 0 Å². The number of rotatable bonds is 5. The van der Waals surface area contributed by atoms with Gasteiger partial charge in [-0.25, -0.2) is 0 Å². The average Bonchev–Trinajstić information content (AvgIpc) is 2.41. The summed E-state index contributed by atoms with van der Waals surface area (Å²) in [6, 6.07) is 0. The summed E-state index contributed by atoms with van der Waals surface area (Å²) in [5, 5.41) is 0. The molecule has 0 aromatic heterocycles. The summed E-state index contributed by atoms with van der Waals surface area (Å²) in [6.45, 7) is 13.5. The Morgan fingerprint density at radius 3 is 2.48 bits per heavy atom. The highest BCUT2D eigenvalue weighted by molar-refractivity contribution is 5.29. The van der Waals surface area contributed by atoms with Gasteiger partial charge in [-0.15, -0.1) is 0 Å². The van der Waals surface area contributed by atoms with E-state index in [1.807, 2.05) is 0 Å². The van der Waals surface area contributed by atoms with E-state index in [2.05, 4.69) is 78.0 Å². The molecule has 21 heavy (non-hydrogen) atoms. The fourth-order valence-corrected chi connectivity index (χ4v) is 2.99. The molecule has 1 rings (SSSR count). The van der Waals surface area contributed by atoms with Gasteiger partial charge in [0.05, 0.1) is 0 Å². The topological polar surface area (TPSA) is 0 Å². The van der Waals surface area contributed by atoms with E-state index in [-0.39, 0.29) is 0 Å². The SMILES string of the molecule is C\C=C(C)/C=C/C=C(C)/C=C/CC1=C(C)CCCC1(C)C. The van der Waals surface area contributed by atoms with E-state index < -0.39 is 0 Å². The van der Waals surface area contributed by atoms with Crippen LogP contribution in [0.25, 0.3) is 0 Å². The second-order valence-electron chi connectivity index (χ2n) is 6.91. The van der Waals surface area contributed by atoms with Crippen molar-refractivity contribution in [1.29, 1.82) is 0 Å². The number of hydrogen-bond acceptors (Lipinski definition) is 0. The van der Waals surface area contributed by atoms with Crippen LogP contribution < -0.4 is 0 Å². The Kier molecular flexibility index (Phi) is 6.95. The number of allylic oxidation sites excluding steroid dienone is 10. The Morgan fingerprint density at radius 1 is 1.14 bits per heavy atom. The van der Waals surface area contributed by atoms with Gasteiger partial charge in [0.25, 0.3) is 0 Å². The fraction of sp³-hybridized carbons (Fsp3) is 0.524. The maximum absolute atomic E-state index is 2.39. The molecule has 0 aromatic carbocycles. The summed E-state index contributed by atoms with van der Waals surface area (Å²) < 4.78 is 0. The van der Waals surface area contributed by atoms with Gasteiger partial charge < -0.3 is 0 Å². The molecule has 0 unspecified atom stereocenters.